The van der Waals surface area contributed by atoms with Crippen molar-refractivity contribution in [2.75, 3.05) is 11.4 Å². The molecule has 1 aromatic heterocycles. The van der Waals surface area contributed by atoms with Gasteiger partial charge in [-0.1, -0.05) is 18.2 Å². The van der Waals surface area contributed by atoms with Crippen molar-refractivity contribution in [3.05, 3.63) is 45.9 Å². The number of hydrogen-bond donors (Lipinski definition) is 1. The lowest BCUT2D eigenvalue weighted by molar-refractivity contribution is -0.117. The molecular formula is C14H15N3OS. The molecule has 98 valence electrons. The van der Waals surface area contributed by atoms with E-state index in [0.717, 1.165) is 28.5 Å². The predicted octanol–water partition coefficient (Wildman–Crippen LogP) is 2.09. The van der Waals surface area contributed by atoms with E-state index in [-0.39, 0.29) is 5.91 Å². The van der Waals surface area contributed by atoms with E-state index < -0.39 is 0 Å². The van der Waals surface area contributed by atoms with E-state index in [2.05, 4.69) is 16.4 Å². The molecule has 0 bridgehead atoms. The molecule has 1 aromatic carbocycles. The number of benzene rings is 1. The SMILES string of the molecule is Cc1nc(CN2C(=O)CNCc3ccccc32)cs1. The highest BCUT2D eigenvalue weighted by molar-refractivity contribution is 7.09. The van der Waals surface area contributed by atoms with E-state index in [1.165, 1.54) is 0 Å². The fraction of sp³-hybridized carbons (Fsp3) is 0.286. The number of nitrogens with one attached hydrogen (secondary N) is 1. The van der Waals surface area contributed by atoms with Gasteiger partial charge in [0.15, 0.2) is 0 Å². The Morgan fingerprint density at radius 2 is 2.21 bits per heavy atom. The average Bonchev–Trinajstić information content (AvgIpc) is 2.75. The number of thiazole rings is 1. The first-order valence-corrected chi connectivity index (χ1v) is 7.12. The van der Waals surface area contributed by atoms with Crippen molar-refractivity contribution in [1.82, 2.24) is 10.3 Å². The largest absolute Gasteiger partial charge is 0.305 e. The molecule has 3 rings (SSSR count). The zero-order valence-electron chi connectivity index (χ0n) is 10.7. The molecule has 4 nitrogen and oxygen atoms in total. The summed E-state index contributed by atoms with van der Waals surface area (Å²) in [5.74, 6) is 0.0932. The first-order valence-electron chi connectivity index (χ1n) is 6.24. The van der Waals surface area contributed by atoms with Gasteiger partial charge in [0.05, 0.1) is 23.8 Å². The fourth-order valence-corrected chi connectivity index (χ4v) is 2.88. The maximum absolute atomic E-state index is 12.2. The molecule has 0 saturated heterocycles. The molecule has 19 heavy (non-hydrogen) atoms. The second-order valence-electron chi connectivity index (χ2n) is 4.57. The number of carbonyl (C=O) groups is 1. The number of fused-ring (bicyclic) bond motifs is 1. The molecule has 1 aliphatic rings. The second-order valence-corrected chi connectivity index (χ2v) is 5.63. The molecule has 2 aromatic rings. The van der Waals surface area contributed by atoms with Crippen LogP contribution in [0.5, 0.6) is 0 Å². The maximum atomic E-state index is 12.2. The van der Waals surface area contributed by atoms with Gasteiger partial charge in [0.25, 0.3) is 0 Å². The number of anilines is 1. The molecule has 1 amide bonds. The Kier molecular flexibility index (Phi) is 3.31. The topological polar surface area (TPSA) is 45.2 Å². The average molecular weight is 273 g/mol. The van der Waals surface area contributed by atoms with Crippen LogP contribution in [-0.2, 0) is 17.9 Å². The Morgan fingerprint density at radius 1 is 1.37 bits per heavy atom. The molecule has 0 unspecified atom stereocenters. The Bertz CT molecular complexity index is 608. The normalized spacial score (nSPS) is 15.2. The first-order chi connectivity index (χ1) is 9.24. The van der Waals surface area contributed by atoms with Crippen molar-refractivity contribution in [3.63, 3.8) is 0 Å². The van der Waals surface area contributed by atoms with E-state index >= 15 is 0 Å². The lowest BCUT2D eigenvalue weighted by Gasteiger charge is -2.21. The summed E-state index contributed by atoms with van der Waals surface area (Å²) in [6.45, 7) is 3.63. The molecule has 0 saturated carbocycles. The van der Waals surface area contributed by atoms with Gasteiger partial charge in [-0.15, -0.1) is 11.3 Å². The number of nitrogens with zero attached hydrogens (tertiary/aromatic N) is 2. The number of amides is 1. The summed E-state index contributed by atoms with van der Waals surface area (Å²) >= 11 is 1.62. The van der Waals surface area contributed by atoms with Crippen LogP contribution in [0.15, 0.2) is 29.6 Å². The van der Waals surface area contributed by atoms with Crippen LogP contribution in [0.4, 0.5) is 5.69 Å². The van der Waals surface area contributed by atoms with Crippen LogP contribution in [0.3, 0.4) is 0 Å². The number of rotatable bonds is 2. The maximum Gasteiger partial charge on any atom is 0.241 e. The van der Waals surface area contributed by atoms with Crippen molar-refractivity contribution >= 4 is 22.9 Å². The number of aryl methyl sites for hydroxylation is 1. The lowest BCUT2D eigenvalue weighted by atomic mass is 10.1. The summed E-state index contributed by atoms with van der Waals surface area (Å²) < 4.78 is 0. The van der Waals surface area contributed by atoms with E-state index in [9.17, 15) is 4.79 Å². The van der Waals surface area contributed by atoms with Crippen molar-refractivity contribution < 1.29 is 4.79 Å². The first kappa shape index (κ1) is 12.3. The number of carbonyl (C=O) groups excluding carboxylic acids is 1. The van der Waals surface area contributed by atoms with Gasteiger partial charge in [0, 0.05) is 17.6 Å². The van der Waals surface area contributed by atoms with E-state index in [0.29, 0.717) is 13.1 Å². The van der Waals surface area contributed by atoms with Gasteiger partial charge in [-0.2, -0.15) is 0 Å². The fourth-order valence-electron chi connectivity index (χ4n) is 2.27. The molecule has 1 N–H and O–H groups in total. The summed E-state index contributed by atoms with van der Waals surface area (Å²) in [5.41, 5.74) is 3.09. The molecule has 2 heterocycles. The van der Waals surface area contributed by atoms with Crippen molar-refractivity contribution in [3.8, 4) is 0 Å². The summed E-state index contributed by atoms with van der Waals surface area (Å²) in [7, 11) is 0. The van der Waals surface area contributed by atoms with E-state index in [1.807, 2.05) is 35.4 Å². The Hall–Kier alpha value is -1.72. The molecular weight excluding hydrogens is 258 g/mol. The zero-order valence-corrected chi connectivity index (χ0v) is 11.5. The van der Waals surface area contributed by atoms with Gasteiger partial charge < -0.3 is 10.2 Å². The third-order valence-corrected chi connectivity index (χ3v) is 3.98. The minimum Gasteiger partial charge on any atom is -0.305 e. The van der Waals surface area contributed by atoms with Gasteiger partial charge >= 0.3 is 0 Å². The number of aromatic nitrogens is 1. The molecule has 0 fully saturated rings. The van der Waals surface area contributed by atoms with Gasteiger partial charge in [-0.25, -0.2) is 4.98 Å². The molecule has 0 radical (unpaired) electrons. The van der Waals surface area contributed by atoms with Crippen molar-refractivity contribution in [2.45, 2.75) is 20.0 Å². The third kappa shape index (κ3) is 2.52. The summed E-state index contributed by atoms with van der Waals surface area (Å²) in [6.07, 6.45) is 0. The Labute approximate surface area is 116 Å². The standard InChI is InChI=1S/C14H15N3OS/c1-10-16-12(9-19-10)8-17-13-5-3-2-4-11(13)6-15-7-14(17)18/h2-5,9,15H,6-8H2,1H3. The van der Waals surface area contributed by atoms with E-state index in [4.69, 9.17) is 0 Å². The van der Waals surface area contributed by atoms with Crippen LogP contribution in [0.2, 0.25) is 0 Å². The highest BCUT2D eigenvalue weighted by atomic mass is 32.1. The van der Waals surface area contributed by atoms with Crippen LogP contribution in [0.25, 0.3) is 0 Å². The quantitative estimate of drug-likeness (QED) is 0.911. The number of para-hydroxylation sites is 1. The molecule has 0 spiro atoms. The second kappa shape index (κ2) is 5.11. The van der Waals surface area contributed by atoms with Crippen LogP contribution in [-0.4, -0.2) is 17.4 Å². The van der Waals surface area contributed by atoms with Gasteiger partial charge in [0.2, 0.25) is 5.91 Å². The van der Waals surface area contributed by atoms with Gasteiger partial charge in [-0.05, 0) is 18.6 Å². The highest BCUT2D eigenvalue weighted by Crippen LogP contribution is 2.24. The lowest BCUT2D eigenvalue weighted by Crippen LogP contribution is -2.35. The third-order valence-electron chi connectivity index (χ3n) is 3.16. The van der Waals surface area contributed by atoms with Crippen molar-refractivity contribution in [2.24, 2.45) is 0 Å². The molecule has 0 aliphatic carbocycles. The summed E-state index contributed by atoms with van der Waals surface area (Å²) in [5, 5.41) is 6.21. The summed E-state index contributed by atoms with van der Waals surface area (Å²) in [4.78, 5) is 18.5. The monoisotopic (exact) mass is 273 g/mol. The highest BCUT2D eigenvalue weighted by Gasteiger charge is 2.22. The summed E-state index contributed by atoms with van der Waals surface area (Å²) in [6, 6.07) is 8.03. The number of hydrogen-bond acceptors (Lipinski definition) is 4. The smallest absolute Gasteiger partial charge is 0.241 e. The van der Waals surface area contributed by atoms with Crippen LogP contribution in [0, 0.1) is 6.92 Å². The molecule has 5 heteroatoms. The van der Waals surface area contributed by atoms with Crippen molar-refractivity contribution in [1.29, 1.82) is 0 Å². The van der Waals surface area contributed by atoms with Crippen LogP contribution in [0.1, 0.15) is 16.3 Å². The molecule has 0 atom stereocenters. The minimum atomic E-state index is 0.0932. The van der Waals surface area contributed by atoms with Crippen LogP contribution >= 0.6 is 11.3 Å². The van der Waals surface area contributed by atoms with E-state index in [1.54, 1.807) is 11.3 Å². The predicted molar refractivity (Wildman–Crippen MR) is 76.2 cm³/mol. The Balaban J connectivity index is 1.95. The van der Waals surface area contributed by atoms with Gasteiger partial charge in [-0.3, -0.25) is 4.79 Å². The minimum absolute atomic E-state index is 0.0932. The van der Waals surface area contributed by atoms with Crippen LogP contribution < -0.4 is 10.2 Å². The Morgan fingerprint density at radius 3 is 3.00 bits per heavy atom. The molecule has 1 aliphatic heterocycles. The zero-order chi connectivity index (χ0) is 13.2. The van der Waals surface area contributed by atoms with Gasteiger partial charge in [0.1, 0.15) is 0 Å².